The van der Waals surface area contributed by atoms with Crippen molar-refractivity contribution >= 4 is 17.6 Å². The average molecular weight is 357 g/mol. The number of benzene rings is 2. The van der Waals surface area contributed by atoms with Gasteiger partial charge in [-0.25, -0.2) is 4.79 Å². The third kappa shape index (κ3) is 5.51. The molecule has 6 nitrogen and oxygen atoms in total. The van der Waals surface area contributed by atoms with Crippen LogP contribution in [0.1, 0.15) is 53.3 Å². The van der Waals surface area contributed by atoms with Crippen LogP contribution in [0, 0.1) is 0 Å². The molecule has 0 bridgehead atoms. The quantitative estimate of drug-likeness (QED) is 0.459. The van der Waals surface area contributed by atoms with Gasteiger partial charge in [-0.15, -0.1) is 0 Å². The third-order valence-electron chi connectivity index (χ3n) is 3.87. The fraction of sp³-hybridized carbons (Fsp3) is 0.300. The molecule has 1 amide bonds. The molecular formula is C20H23NO5. The molecule has 0 fully saturated rings. The Morgan fingerprint density at radius 2 is 1.69 bits per heavy atom. The molecule has 3 N–H and O–H groups in total. The van der Waals surface area contributed by atoms with Gasteiger partial charge in [-0.3, -0.25) is 4.79 Å². The fourth-order valence-electron chi connectivity index (χ4n) is 2.39. The number of carbonyl (C=O) groups excluding carboxylic acids is 1. The standard InChI is InChI=1S/C20H23NO5/c1-2-3-4-5-12-26-16-9-6-14(7-10-16)19(23)21-17-13-15(20(24)25)8-11-18(17)22/h6-11,13,22H,2-5,12H2,1H3,(H,21,23)(H,24,25). The lowest BCUT2D eigenvalue weighted by Crippen LogP contribution is -2.12. The second kappa shape index (κ2) is 9.46. The number of unbranched alkanes of at least 4 members (excludes halogenated alkanes) is 3. The summed E-state index contributed by atoms with van der Waals surface area (Å²) in [5.74, 6) is -1.09. The van der Waals surface area contributed by atoms with Crippen molar-refractivity contribution < 1.29 is 24.5 Å². The Hall–Kier alpha value is -3.02. The van der Waals surface area contributed by atoms with E-state index < -0.39 is 11.9 Å². The number of nitrogens with one attached hydrogen (secondary N) is 1. The van der Waals surface area contributed by atoms with Crippen LogP contribution in [-0.4, -0.2) is 28.7 Å². The predicted molar refractivity (Wildman–Crippen MR) is 99.1 cm³/mol. The van der Waals surface area contributed by atoms with E-state index in [0.717, 1.165) is 12.8 Å². The van der Waals surface area contributed by atoms with Crippen molar-refractivity contribution in [3.63, 3.8) is 0 Å². The summed E-state index contributed by atoms with van der Waals surface area (Å²) < 4.78 is 5.63. The molecule has 26 heavy (non-hydrogen) atoms. The Bertz CT molecular complexity index is 755. The molecule has 0 atom stereocenters. The number of aromatic hydroxyl groups is 1. The molecular weight excluding hydrogens is 334 g/mol. The van der Waals surface area contributed by atoms with E-state index in [2.05, 4.69) is 12.2 Å². The van der Waals surface area contributed by atoms with E-state index in [-0.39, 0.29) is 17.0 Å². The smallest absolute Gasteiger partial charge is 0.335 e. The van der Waals surface area contributed by atoms with E-state index in [0.29, 0.717) is 17.9 Å². The van der Waals surface area contributed by atoms with Crippen LogP contribution in [-0.2, 0) is 0 Å². The van der Waals surface area contributed by atoms with Gasteiger partial charge in [-0.1, -0.05) is 26.2 Å². The maximum absolute atomic E-state index is 12.3. The number of carboxylic acid groups (broad SMARTS) is 1. The first-order valence-electron chi connectivity index (χ1n) is 8.61. The molecule has 0 radical (unpaired) electrons. The lowest BCUT2D eigenvalue weighted by atomic mass is 10.1. The van der Waals surface area contributed by atoms with Crippen molar-refractivity contribution in [1.82, 2.24) is 0 Å². The van der Waals surface area contributed by atoms with Gasteiger partial charge in [-0.05, 0) is 48.9 Å². The number of carboxylic acids is 1. The lowest BCUT2D eigenvalue weighted by molar-refractivity contribution is 0.0696. The van der Waals surface area contributed by atoms with Gasteiger partial charge in [0.1, 0.15) is 11.5 Å². The van der Waals surface area contributed by atoms with E-state index >= 15 is 0 Å². The second-order valence-corrected chi connectivity index (χ2v) is 5.92. The average Bonchev–Trinajstić information content (AvgIpc) is 2.63. The van der Waals surface area contributed by atoms with E-state index in [4.69, 9.17) is 9.84 Å². The molecule has 2 aromatic rings. The van der Waals surface area contributed by atoms with Gasteiger partial charge in [-0.2, -0.15) is 0 Å². The summed E-state index contributed by atoms with van der Waals surface area (Å²) in [6, 6.07) is 10.4. The van der Waals surface area contributed by atoms with Gasteiger partial charge in [0.25, 0.3) is 5.91 Å². The van der Waals surface area contributed by atoms with Crippen LogP contribution in [0.25, 0.3) is 0 Å². The molecule has 6 heteroatoms. The number of amides is 1. The molecule has 0 aliphatic carbocycles. The van der Waals surface area contributed by atoms with Crippen molar-refractivity contribution in [3.8, 4) is 11.5 Å². The summed E-state index contributed by atoms with van der Waals surface area (Å²) in [4.78, 5) is 23.3. The molecule has 0 heterocycles. The second-order valence-electron chi connectivity index (χ2n) is 5.92. The SMILES string of the molecule is CCCCCCOc1ccc(C(=O)Nc2cc(C(=O)O)ccc2O)cc1. The Kier molecular flexibility index (Phi) is 7.02. The van der Waals surface area contributed by atoms with Crippen LogP contribution in [0.4, 0.5) is 5.69 Å². The first-order chi connectivity index (χ1) is 12.5. The lowest BCUT2D eigenvalue weighted by Gasteiger charge is -2.09. The Morgan fingerprint density at radius 3 is 2.35 bits per heavy atom. The molecule has 0 saturated carbocycles. The van der Waals surface area contributed by atoms with Gasteiger partial charge in [0.2, 0.25) is 0 Å². The summed E-state index contributed by atoms with van der Waals surface area (Å²) in [7, 11) is 0. The van der Waals surface area contributed by atoms with Crippen LogP contribution in [0.2, 0.25) is 0 Å². The first-order valence-corrected chi connectivity index (χ1v) is 8.61. The van der Waals surface area contributed by atoms with Crippen LogP contribution in [0.15, 0.2) is 42.5 Å². The largest absolute Gasteiger partial charge is 0.506 e. The molecule has 0 aliphatic rings. The van der Waals surface area contributed by atoms with Crippen LogP contribution in [0.3, 0.4) is 0 Å². The molecule has 0 aliphatic heterocycles. The van der Waals surface area contributed by atoms with Crippen molar-refractivity contribution in [3.05, 3.63) is 53.6 Å². The normalized spacial score (nSPS) is 10.3. The van der Waals surface area contributed by atoms with E-state index in [9.17, 15) is 14.7 Å². The minimum atomic E-state index is -1.14. The Labute approximate surface area is 152 Å². The number of hydrogen-bond donors (Lipinski definition) is 3. The fourth-order valence-corrected chi connectivity index (χ4v) is 2.39. The summed E-state index contributed by atoms with van der Waals surface area (Å²) in [6.45, 7) is 2.80. The minimum Gasteiger partial charge on any atom is -0.506 e. The Balaban J connectivity index is 1.96. The summed E-state index contributed by atoms with van der Waals surface area (Å²) >= 11 is 0. The van der Waals surface area contributed by atoms with E-state index in [1.165, 1.54) is 31.0 Å². The summed E-state index contributed by atoms with van der Waals surface area (Å²) in [5, 5.41) is 21.3. The molecule has 0 spiro atoms. The highest BCUT2D eigenvalue weighted by Crippen LogP contribution is 2.25. The third-order valence-corrected chi connectivity index (χ3v) is 3.87. The molecule has 2 aromatic carbocycles. The van der Waals surface area contributed by atoms with Gasteiger partial charge in [0.15, 0.2) is 0 Å². The van der Waals surface area contributed by atoms with Crippen molar-refractivity contribution in [1.29, 1.82) is 0 Å². The van der Waals surface area contributed by atoms with Crippen molar-refractivity contribution in [2.24, 2.45) is 0 Å². The number of ether oxygens (including phenoxy) is 1. The zero-order valence-electron chi connectivity index (χ0n) is 14.7. The van der Waals surface area contributed by atoms with Crippen LogP contribution >= 0.6 is 0 Å². The van der Waals surface area contributed by atoms with Gasteiger partial charge in [0, 0.05) is 5.56 Å². The van der Waals surface area contributed by atoms with E-state index in [1.54, 1.807) is 24.3 Å². The number of aromatic carboxylic acids is 1. The summed E-state index contributed by atoms with van der Waals surface area (Å²) in [6.07, 6.45) is 4.50. The highest BCUT2D eigenvalue weighted by Gasteiger charge is 2.12. The van der Waals surface area contributed by atoms with E-state index in [1.807, 2.05) is 0 Å². The highest BCUT2D eigenvalue weighted by atomic mass is 16.5. The number of carbonyl (C=O) groups is 2. The number of phenols is 1. The van der Waals surface area contributed by atoms with Crippen molar-refractivity contribution in [2.45, 2.75) is 32.6 Å². The minimum absolute atomic E-state index is 0.0232. The highest BCUT2D eigenvalue weighted by molar-refractivity contribution is 6.05. The maximum Gasteiger partial charge on any atom is 0.335 e. The monoisotopic (exact) mass is 357 g/mol. The zero-order chi connectivity index (χ0) is 18.9. The number of hydrogen-bond acceptors (Lipinski definition) is 4. The molecule has 0 aromatic heterocycles. The Morgan fingerprint density at radius 1 is 1.00 bits per heavy atom. The molecule has 0 unspecified atom stereocenters. The molecule has 0 saturated heterocycles. The summed E-state index contributed by atoms with van der Waals surface area (Å²) in [5.41, 5.74) is 0.402. The first kappa shape index (κ1) is 19.3. The topological polar surface area (TPSA) is 95.9 Å². The molecule has 138 valence electrons. The molecule has 2 rings (SSSR count). The van der Waals surface area contributed by atoms with Crippen LogP contribution in [0.5, 0.6) is 11.5 Å². The van der Waals surface area contributed by atoms with Crippen molar-refractivity contribution in [2.75, 3.05) is 11.9 Å². The van der Waals surface area contributed by atoms with Gasteiger partial charge >= 0.3 is 5.97 Å². The zero-order valence-corrected chi connectivity index (χ0v) is 14.7. The predicted octanol–water partition coefficient (Wildman–Crippen LogP) is 4.30. The number of phenolic OH excluding ortho intramolecular Hbond substituents is 1. The maximum atomic E-state index is 12.3. The number of rotatable bonds is 9. The number of anilines is 1. The van der Waals surface area contributed by atoms with Crippen LogP contribution < -0.4 is 10.1 Å². The van der Waals surface area contributed by atoms with Gasteiger partial charge in [0.05, 0.1) is 17.9 Å². The van der Waals surface area contributed by atoms with Gasteiger partial charge < -0.3 is 20.3 Å².